The predicted molar refractivity (Wildman–Crippen MR) is 84.6 cm³/mol. The van der Waals surface area contributed by atoms with Crippen LogP contribution in [0.4, 0.5) is 0 Å². The Hall–Kier alpha value is -1.60. The minimum absolute atomic E-state index is 0.819. The molecule has 3 rings (SSSR count). The molecule has 0 saturated heterocycles. The highest BCUT2D eigenvalue weighted by Gasteiger charge is 2.11. The van der Waals surface area contributed by atoms with Gasteiger partial charge in [0, 0.05) is 0 Å². The van der Waals surface area contributed by atoms with Crippen molar-refractivity contribution in [1.82, 2.24) is 0 Å². The monoisotopic (exact) mass is 262 g/mol. The zero-order valence-corrected chi connectivity index (χ0v) is 12.3. The zero-order valence-electron chi connectivity index (χ0n) is 11.3. The molecular weight excluding hydrogens is 244 g/mol. The summed E-state index contributed by atoms with van der Waals surface area (Å²) in [6, 6.07) is 19.8. The second-order valence-electron chi connectivity index (χ2n) is 4.99. The molecule has 0 spiro atoms. The van der Waals surface area contributed by atoms with Crippen LogP contribution in [0.15, 0.2) is 54.6 Å². The largest absolute Gasteiger partial charge is 0.395 e. The van der Waals surface area contributed by atoms with Gasteiger partial charge in [-0.25, -0.2) is 10.4 Å². The Morgan fingerprint density at radius 1 is 0.895 bits per heavy atom. The minimum atomic E-state index is 0.819. The summed E-state index contributed by atoms with van der Waals surface area (Å²) in [6.07, 6.45) is 3.76. The van der Waals surface area contributed by atoms with Crippen LogP contribution >= 0.6 is 0 Å². The maximum atomic E-state index is 2.29. The van der Waals surface area contributed by atoms with E-state index in [4.69, 9.17) is 0 Å². The summed E-state index contributed by atoms with van der Waals surface area (Å²) in [5, 5.41) is 3.09. The Morgan fingerprint density at radius 3 is 2.42 bits per heavy atom. The molecule has 0 amide bonds. The van der Waals surface area contributed by atoms with E-state index in [0.29, 0.717) is 0 Å². The van der Waals surface area contributed by atoms with Gasteiger partial charge >= 0.3 is 0 Å². The van der Waals surface area contributed by atoms with Gasteiger partial charge in [0.05, 0.1) is 0 Å². The lowest BCUT2D eigenvalue weighted by Crippen LogP contribution is -2.12. The molecule has 1 heterocycles. The van der Waals surface area contributed by atoms with Gasteiger partial charge in [0.2, 0.25) is 0 Å². The molecule has 2 aromatic carbocycles. The molecule has 0 saturated carbocycles. The standard InChI is InChI=1S/C18H18Si/c1-2-3-11-16-15-12-7-8-13-17(15)19-18(16)14-9-5-4-6-10-14/h4-10,12-13H,2-3,11H2,1H3/q-1. The predicted octanol–water partition coefficient (Wildman–Crippen LogP) is 4.09. The van der Waals surface area contributed by atoms with Gasteiger partial charge in [-0.15, -0.1) is 0 Å². The Balaban J connectivity index is 2.05. The van der Waals surface area contributed by atoms with Crippen molar-refractivity contribution in [3.63, 3.8) is 0 Å². The van der Waals surface area contributed by atoms with E-state index >= 15 is 0 Å². The van der Waals surface area contributed by atoms with Gasteiger partial charge in [0.25, 0.3) is 0 Å². The molecule has 0 atom stereocenters. The normalized spacial score (nSPS) is 13.3. The van der Waals surface area contributed by atoms with Crippen molar-refractivity contribution in [2.75, 3.05) is 0 Å². The summed E-state index contributed by atoms with van der Waals surface area (Å²) < 4.78 is 0. The average molecular weight is 262 g/mol. The first-order valence-corrected chi connectivity index (χ1v) is 8.05. The maximum absolute atomic E-state index is 2.29. The van der Waals surface area contributed by atoms with Crippen molar-refractivity contribution in [3.8, 4) is 0 Å². The summed E-state index contributed by atoms with van der Waals surface area (Å²) in [5.74, 6) is 0. The summed E-state index contributed by atoms with van der Waals surface area (Å²) in [6.45, 7) is 2.27. The Labute approximate surface area is 118 Å². The molecule has 0 fully saturated rings. The van der Waals surface area contributed by atoms with Crippen LogP contribution in [0, 0.1) is 0 Å². The lowest BCUT2D eigenvalue weighted by molar-refractivity contribution is 0.826. The third-order valence-electron chi connectivity index (χ3n) is 3.66. The van der Waals surface area contributed by atoms with E-state index in [1.54, 1.807) is 10.8 Å². The van der Waals surface area contributed by atoms with Gasteiger partial charge in [-0.05, 0) is 12.8 Å². The van der Waals surface area contributed by atoms with E-state index in [2.05, 4.69) is 61.5 Å². The minimum Gasteiger partial charge on any atom is -0.395 e. The quantitative estimate of drug-likeness (QED) is 0.728. The highest BCUT2D eigenvalue weighted by molar-refractivity contribution is 6.78. The van der Waals surface area contributed by atoms with Crippen LogP contribution < -0.4 is 5.19 Å². The molecule has 0 bridgehead atoms. The van der Waals surface area contributed by atoms with Crippen LogP contribution in [0.3, 0.4) is 0 Å². The number of fused-ring (bicyclic) bond motifs is 1. The Morgan fingerprint density at radius 2 is 1.63 bits per heavy atom. The number of allylic oxidation sites excluding steroid dienone is 1. The molecule has 0 unspecified atom stereocenters. The van der Waals surface area contributed by atoms with Crippen LogP contribution in [0.5, 0.6) is 0 Å². The van der Waals surface area contributed by atoms with Gasteiger partial charge in [-0.3, -0.25) is 0 Å². The summed E-state index contributed by atoms with van der Waals surface area (Å²) in [7, 11) is 0.819. The molecule has 0 nitrogen and oxygen atoms in total. The van der Waals surface area contributed by atoms with E-state index in [0.717, 1.165) is 9.52 Å². The average Bonchev–Trinajstić information content (AvgIpc) is 2.85. The highest BCUT2D eigenvalue weighted by Crippen LogP contribution is 2.33. The van der Waals surface area contributed by atoms with E-state index < -0.39 is 0 Å². The first-order valence-electron chi connectivity index (χ1n) is 7.05. The fourth-order valence-corrected chi connectivity index (χ4v) is 4.20. The van der Waals surface area contributed by atoms with Crippen LogP contribution in [0.25, 0.3) is 10.8 Å². The topological polar surface area (TPSA) is 0 Å². The fourth-order valence-electron chi connectivity index (χ4n) is 2.66. The SMILES string of the molecule is CCCCC1=C(c2ccccc2)[Si-]c2ccccc21. The second kappa shape index (κ2) is 5.58. The molecule has 19 heavy (non-hydrogen) atoms. The second-order valence-corrected chi connectivity index (χ2v) is 6.28. The fraction of sp³-hybridized carbons (Fsp3) is 0.222. The van der Waals surface area contributed by atoms with Crippen molar-refractivity contribution >= 4 is 25.5 Å². The number of rotatable bonds is 4. The lowest BCUT2D eigenvalue weighted by Gasteiger charge is -2.18. The Bertz CT molecular complexity index is 596. The van der Waals surface area contributed by atoms with Crippen LogP contribution in [-0.2, 0) is 0 Å². The van der Waals surface area contributed by atoms with E-state index in [9.17, 15) is 0 Å². The number of unbranched alkanes of at least 4 members (excludes halogenated alkanes) is 1. The molecule has 1 aliphatic heterocycles. The van der Waals surface area contributed by atoms with E-state index in [1.807, 2.05) is 0 Å². The summed E-state index contributed by atoms with van der Waals surface area (Å²) in [4.78, 5) is 0. The van der Waals surface area contributed by atoms with Crippen molar-refractivity contribution in [1.29, 1.82) is 0 Å². The molecule has 1 aliphatic rings. The van der Waals surface area contributed by atoms with E-state index in [1.165, 1.54) is 35.6 Å². The van der Waals surface area contributed by atoms with Crippen molar-refractivity contribution < 1.29 is 0 Å². The summed E-state index contributed by atoms with van der Waals surface area (Å²) in [5.41, 5.74) is 4.48. The highest BCUT2D eigenvalue weighted by atomic mass is 28.2. The third-order valence-corrected chi connectivity index (χ3v) is 5.20. The molecule has 1 heteroatoms. The Kier molecular flexibility index (Phi) is 3.65. The van der Waals surface area contributed by atoms with Gasteiger partial charge in [0.1, 0.15) is 0 Å². The first-order chi connectivity index (χ1) is 9.40. The van der Waals surface area contributed by atoms with Crippen molar-refractivity contribution in [2.45, 2.75) is 26.2 Å². The summed E-state index contributed by atoms with van der Waals surface area (Å²) >= 11 is 0. The van der Waals surface area contributed by atoms with Crippen molar-refractivity contribution in [3.05, 3.63) is 65.7 Å². The molecule has 0 N–H and O–H groups in total. The van der Waals surface area contributed by atoms with Gasteiger partial charge in [-0.1, -0.05) is 84.6 Å². The zero-order chi connectivity index (χ0) is 13.1. The maximum Gasteiger partial charge on any atom is -0.0301 e. The van der Waals surface area contributed by atoms with Crippen LogP contribution in [0.1, 0.15) is 37.3 Å². The van der Waals surface area contributed by atoms with Crippen LogP contribution in [0.2, 0.25) is 0 Å². The molecule has 2 aromatic rings. The molecular formula is C18H18Si-. The number of benzene rings is 2. The molecule has 1 radical (unpaired) electrons. The van der Waals surface area contributed by atoms with Crippen molar-refractivity contribution in [2.24, 2.45) is 0 Å². The lowest BCUT2D eigenvalue weighted by atomic mass is 9.98. The van der Waals surface area contributed by atoms with Crippen LogP contribution in [-0.4, -0.2) is 9.52 Å². The van der Waals surface area contributed by atoms with Gasteiger partial charge in [0.15, 0.2) is 0 Å². The smallest absolute Gasteiger partial charge is 0.0301 e. The third kappa shape index (κ3) is 2.43. The van der Waals surface area contributed by atoms with Gasteiger partial charge in [-0.2, -0.15) is 0 Å². The first kappa shape index (κ1) is 12.4. The number of hydrogen-bond donors (Lipinski definition) is 0. The molecule has 0 aliphatic carbocycles. The van der Waals surface area contributed by atoms with Gasteiger partial charge < -0.3 is 9.52 Å². The number of hydrogen-bond acceptors (Lipinski definition) is 0. The molecule has 0 aromatic heterocycles. The van der Waals surface area contributed by atoms with E-state index in [-0.39, 0.29) is 0 Å². The molecule has 95 valence electrons.